The van der Waals surface area contributed by atoms with Crippen LogP contribution in [0, 0.1) is 12.7 Å². The number of anilines is 1. The molecule has 2 heterocycles. The van der Waals surface area contributed by atoms with Gasteiger partial charge in [-0.2, -0.15) is 9.78 Å². The monoisotopic (exact) mass is 382 g/mol. The van der Waals surface area contributed by atoms with Gasteiger partial charge in [0.2, 0.25) is 5.13 Å². The van der Waals surface area contributed by atoms with Gasteiger partial charge in [0, 0.05) is 17.7 Å². The maximum atomic E-state index is 13.4. The van der Waals surface area contributed by atoms with Gasteiger partial charge in [0.15, 0.2) is 0 Å². The van der Waals surface area contributed by atoms with Gasteiger partial charge >= 0.3 is 0 Å². The maximum absolute atomic E-state index is 13.4. The van der Waals surface area contributed by atoms with Gasteiger partial charge in [-0.3, -0.25) is 4.79 Å². The van der Waals surface area contributed by atoms with Crippen molar-refractivity contribution in [3.8, 4) is 10.9 Å². The molecular weight excluding hydrogens is 367 g/mol. The van der Waals surface area contributed by atoms with Crippen molar-refractivity contribution in [2.75, 3.05) is 12.4 Å². The van der Waals surface area contributed by atoms with Crippen LogP contribution < -0.4 is 10.1 Å². The average Bonchev–Trinajstić information content (AvgIpc) is 3.23. The van der Waals surface area contributed by atoms with Crippen LogP contribution in [0.4, 0.5) is 10.2 Å². The van der Waals surface area contributed by atoms with Crippen LogP contribution in [-0.4, -0.2) is 27.8 Å². The molecule has 8 heteroatoms. The molecule has 1 amide bonds. The smallest absolute Gasteiger partial charge is 0.256 e. The molecule has 27 heavy (non-hydrogen) atoms. The number of nitrogens with one attached hydrogen (secondary N) is 1. The second kappa shape index (κ2) is 6.81. The summed E-state index contributed by atoms with van der Waals surface area (Å²) in [6.07, 6.45) is 0. The number of hydrogen-bond donors (Lipinski definition) is 1. The number of methoxy groups -OCH3 is 1. The number of rotatable bonds is 4. The first-order chi connectivity index (χ1) is 13.0. The predicted octanol–water partition coefficient (Wildman–Crippen LogP) is 4.19. The summed E-state index contributed by atoms with van der Waals surface area (Å²) in [5.41, 5.74) is 1.74. The number of aromatic nitrogens is 3. The van der Waals surface area contributed by atoms with E-state index in [0.717, 1.165) is 21.7 Å². The average molecular weight is 382 g/mol. The zero-order valence-corrected chi connectivity index (χ0v) is 15.4. The van der Waals surface area contributed by atoms with Crippen LogP contribution in [-0.2, 0) is 0 Å². The second-order valence-corrected chi connectivity index (χ2v) is 6.89. The van der Waals surface area contributed by atoms with Crippen molar-refractivity contribution in [1.29, 1.82) is 0 Å². The molecule has 0 saturated carbocycles. The van der Waals surface area contributed by atoms with Crippen molar-refractivity contribution >= 4 is 33.3 Å². The highest BCUT2D eigenvalue weighted by molar-refractivity contribution is 7.20. The fraction of sp³-hybridized carbons (Fsp3) is 0.105. The summed E-state index contributed by atoms with van der Waals surface area (Å²) in [6.45, 7) is 1.82. The first-order valence-electron chi connectivity index (χ1n) is 8.12. The number of carbonyl (C=O) groups is 1. The van der Waals surface area contributed by atoms with Crippen LogP contribution in [0.25, 0.3) is 15.3 Å². The Morgan fingerprint density at radius 2 is 2.07 bits per heavy atom. The molecule has 0 bridgehead atoms. The highest BCUT2D eigenvalue weighted by atomic mass is 32.1. The van der Waals surface area contributed by atoms with Gasteiger partial charge in [-0.05, 0) is 37.3 Å². The molecule has 0 fully saturated rings. The number of hydrogen-bond acceptors (Lipinski definition) is 5. The van der Waals surface area contributed by atoms with Crippen LogP contribution in [0.2, 0.25) is 0 Å². The Balaban J connectivity index is 1.70. The van der Waals surface area contributed by atoms with Crippen molar-refractivity contribution in [2.24, 2.45) is 0 Å². The number of nitrogens with zero attached hydrogens (tertiary/aromatic N) is 3. The number of thiazole rings is 1. The lowest BCUT2D eigenvalue weighted by Crippen LogP contribution is -2.15. The van der Waals surface area contributed by atoms with E-state index in [4.69, 9.17) is 4.74 Å². The number of amides is 1. The van der Waals surface area contributed by atoms with Gasteiger partial charge < -0.3 is 10.1 Å². The summed E-state index contributed by atoms with van der Waals surface area (Å²) in [5, 5.41) is 7.82. The number of aryl methyl sites for hydroxylation is 1. The number of halogens is 1. The van der Waals surface area contributed by atoms with Gasteiger partial charge in [0.05, 0.1) is 23.0 Å². The van der Waals surface area contributed by atoms with Crippen LogP contribution >= 0.6 is 11.3 Å². The Morgan fingerprint density at radius 3 is 2.85 bits per heavy atom. The third-order valence-electron chi connectivity index (χ3n) is 3.92. The van der Waals surface area contributed by atoms with Gasteiger partial charge in [0.1, 0.15) is 17.4 Å². The third kappa shape index (κ3) is 3.39. The molecule has 1 N–H and O–H groups in total. The van der Waals surface area contributed by atoms with Crippen molar-refractivity contribution in [3.05, 3.63) is 65.6 Å². The largest absolute Gasteiger partial charge is 0.497 e. The maximum Gasteiger partial charge on any atom is 0.256 e. The summed E-state index contributed by atoms with van der Waals surface area (Å²) in [7, 11) is 1.60. The zero-order valence-electron chi connectivity index (χ0n) is 14.6. The minimum atomic E-state index is -0.465. The first-order valence-corrected chi connectivity index (χ1v) is 8.94. The number of fused-ring (bicyclic) bond motifs is 1. The highest BCUT2D eigenvalue weighted by Gasteiger charge is 2.16. The standard InChI is InChI=1S/C19H15FN4O2S/c1-11-8-17(22-18(25)12-4-3-5-13(20)9-12)24(23-11)19-21-15-10-14(26-2)6-7-16(15)27-19/h3-10H,1-2H3,(H,22,25). The van der Waals surface area contributed by atoms with Crippen LogP contribution in [0.15, 0.2) is 48.5 Å². The van der Waals surface area contributed by atoms with Crippen LogP contribution in [0.3, 0.4) is 0 Å². The lowest BCUT2D eigenvalue weighted by Gasteiger charge is -2.06. The van der Waals surface area contributed by atoms with E-state index in [1.165, 1.54) is 29.5 Å². The predicted molar refractivity (Wildman–Crippen MR) is 102 cm³/mol. The normalized spacial score (nSPS) is 10.9. The Hall–Kier alpha value is -3.26. The van der Waals surface area contributed by atoms with E-state index in [1.807, 2.05) is 25.1 Å². The highest BCUT2D eigenvalue weighted by Crippen LogP contribution is 2.29. The molecule has 0 aliphatic carbocycles. The van der Waals surface area contributed by atoms with E-state index in [9.17, 15) is 9.18 Å². The molecule has 0 saturated heterocycles. The first kappa shape index (κ1) is 17.2. The lowest BCUT2D eigenvalue weighted by molar-refractivity contribution is 0.102. The van der Waals surface area contributed by atoms with Crippen molar-refractivity contribution < 1.29 is 13.9 Å². The van der Waals surface area contributed by atoms with Gasteiger partial charge in [-0.15, -0.1) is 0 Å². The van der Waals surface area contributed by atoms with Gasteiger partial charge in [-0.1, -0.05) is 17.4 Å². The van der Waals surface area contributed by atoms with Crippen molar-refractivity contribution in [1.82, 2.24) is 14.8 Å². The third-order valence-corrected chi connectivity index (χ3v) is 4.94. The van der Waals surface area contributed by atoms with Crippen LogP contribution in [0.1, 0.15) is 16.1 Å². The summed E-state index contributed by atoms with van der Waals surface area (Å²) in [5.74, 6) is 0.300. The van der Waals surface area contributed by atoms with E-state index in [-0.39, 0.29) is 5.56 Å². The molecule has 0 spiro atoms. The molecule has 0 aliphatic heterocycles. The van der Waals surface area contributed by atoms with E-state index in [0.29, 0.717) is 10.9 Å². The van der Waals surface area contributed by atoms with E-state index in [1.54, 1.807) is 23.9 Å². The summed E-state index contributed by atoms with van der Waals surface area (Å²) in [6, 6.07) is 12.9. The minimum Gasteiger partial charge on any atom is -0.497 e. The Kier molecular flexibility index (Phi) is 4.33. The van der Waals surface area contributed by atoms with Crippen molar-refractivity contribution in [2.45, 2.75) is 6.92 Å². The summed E-state index contributed by atoms with van der Waals surface area (Å²) >= 11 is 1.44. The molecule has 4 rings (SSSR count). The van der Waals surface area contributed by atoms with E-state index < -0.39 is 11.7 Å². The molecule has 136 valence electrons. The molecule has 0 unspecified atom stereocenters. The van der Waals surface area contributed by atoms with E-state index in [2.05, 4.69) is 15.4 Å². The molecule has 0 radical (unpaired) electrons. The molecule has 2 aromatic heterocycles. The zero-order chi connectivity index (χ0) is 19.0. The molecule has 0 atom stereocenters. The number of carbonyl (C=O) groups excluding carboxylic acids is 1. The fourth-order valence-corrected chi connectivity index (χ4v) is 3.58. The SMILES string of the molecule is COc1ccc2sc(-n3nc(C)cc3NC(=O)c3cccc(F)c3)nc2c1. The Morgan fingerprint density at radius 1 is 1.22 bits per heavy atom. The molecule has 4 aromatic rings. The van der Waals surface area contributed by atoms with Crippen molar-refractivity contribution in [3.63, 3.8) is 0 Å². The number of ether oxygens (including phenoxy) is 1. The minimum absolute atomic E-state index is 0.231. The molecule has 6 nitrogen and oxygen atoms in total. The number of benzene rings is 2. The van der Waals surface area contributed by atoms with Gasteiger partial charge in [0.25, 0.3) is 5.91 Å². The second-order valence-electron chi connectivity index (χ2n) is 5.88. The fourth-order valence-electron chi connectivity index (χ4n) is 2.67. The van der Waals surface area contributed by atoms with Crippen LogP contribution in [0.5, 0.6) is 5.75 Å². The molecule has 0 aliphatic rings. The quantitative estimate of drug-likeness (QED) is 0.575. The lowest BCUT2D eigenvalue weighted by atomic mass is 10.2. The van der Waals surface area contributed by atoms with E-state index >= 15 is 0 Å². The molecular formula is C19H15FN4O2S. The molecule has 2 aromatic carbocycles. The summed E-state index contributed by atoms with van der Waals surface area (Å²) in [4.78, 5) is 17.0. The summed E-state index contributed by atoms with van der Waals surface area (Å²) < 4.78 is 21.2. The van der Waals surface area contributed by atoms with Gasteiger partial charge in [-0.25, -0.2) is 9.37 Å². The Labute approximate surface area is 158 Å². The Bertz CT molecular complexity index is 1150. The topological polar surface area (TPSA) is 69.0 Å².